The maximum atomic E-state index is 10.8. The molecule has 6 N–H and O–H groups in total. The average molecular weight is 306 g/mol. The summed E-state index contributed by atoms with van der Waals surface area (Å²) >= 11 is 0. The van der Waals surface area contributed by atoms with Gasteiger partial charge in [0.05, 0.1) is 0 Å². The lowest BCUT2D eigenvalue weighted by Crippen LogP contribution is -2.51. The number of unbranched alkanes of at least 4 members (excludes halogenated alkanes) is 1. The van der Waals surface area contributed by atoms with Crippen LogP contribution < -0.4 is 16.6 Å². The third kappa shape index (κ3) is 10.5. The largest absolute Gasteiger partial charge is 0.480 e. The molecule has 0 aliphatic carbocycles. The summed E-state index contributed by atoms with van der Waals surface area (Å²) in [6.45, 7) is 1.94. The van der Waals surface area contributed by atoms with Crippen molar-refractivity contribution in [2.75, 3.05) is 6.54 Å². The number of hydrazine groups is 1. The van der Waals surface area contributed by atoms with Crippen molar-refractivity contribution in [2.45, 2.75) is 38.3 Å². The van der Waals surface area contributed by atoms with Crippen LogP contribution in [-0.2, 0) is 9.59 Å². The fraction of sp³-hybridized carbons (Fsp3) is 0.778. The van der Waals surface area contributed by atoms with Crippen LogP contribution in [-0.4, -0.2) is 40.8 Å². The summed E-state index contributed by atoms with van der Waals surface area (Å²) < 4.78 is 0. The number of nitrogens with two attached hydrogens (primary N) is 1. The second-order valence-corrected chi connectivity index (χ2v) is 3.52. The zero-order valence-corrected chi connectivity index (χ0v) is 11.7. The van der Waals surface area contributed by atoms with E-state index >= 15 is 0 Å². The van der Waals surface area contributed by atoms with Crippen molar-refractivity contribution in [3.63, 3.8) is 0 Å². The Hall–Kier alpha value is -0.600. The molecule has 0 aliphatic heterocycles. The van der Waals surface area contributed by atoms with Gasteiger partial charge >= 0.3 is 11.9 Å². The zero-order valence-electron chi connectivity index (χ0n) is 10.1. The van der Waals surface area contributed by atoms with Crippen LogP contribution in [0.5, 0.6) is 0 Å². The molecule has 0 aromatic carbocycles. The Balaban J connectivity index is -0.00000112. The summed E-state index contributed by atoms with van der Waals surface area (Å²) in [7, 11) is 0. The van der Waals surface area contributed by atoms with Crippen molar-refractivity contribution < 1.29 is 19.8 Å². The van der Waals surface area contributed by atoms with E-state index in [-0.39, 0.29) is 24.8 Å². The summed E-state index contributed by atoms with van der Waals surface area (Å²) in [6.07, 6.45) is 1.84. The maximum absolute atomic E-state index is 10.8. The summed E-state index contributed by atoms with van der Waals surface area (Å²) in [4.78, 5) is 21.3. The molecule has 0 unspecified atom stereocenters. The molecule has 9 heteroatoms. The number of carboxylic acid groups (broad SMARTS) is 2. The first-order valence-corrected chi connectivity index (χ1v) is 5.15. The average Bonchev–Trinajstić information content (AvgIpc) is 2.21. The van der Waals surface area contributed by atoms with E-state index in [4.69, 9.17) is 15.9 Å². The molecule has 0 saturated heterocycles. The highest BCUT2D eigenvalue weighted by atomic mass is 35.5. The number of hydrogen-bond acceptors (Lipinski definition) is 5. The molecule has 110 valence electrons. The number of nitrogens with one attached hydrogen (secondary N) is 2. The Kier molecular flexibility index (Phi) is 16.1. The van der Waals surface area contributed by atoms with Crippen LogP contribution >= 0.6 is 24.8 Å². The summed E-state index contributed by atoms with van der Waals surface area (Å²) in [5.74, 6) is -2.05. The van der Waals surface area contributed by atoms with Gasteiger partial charge in [0.15, 0.2) is 0 Å². The van der Waals surface area contributed by atoms with Gasteiger partial charge in [0.1, 0.15) is 12.1 Å². The monoisotopic (exact) mass is 305 g/mol. The number of rotatable bonds is 9. The van der Waals surface area contributed by atoms with E-state index in [9.17, 15) is 9.59 Å². The van der Waals surface area contributed by atoms with Crippen molar-refractivity contribution in [3.8, 4) is 0 Å². The fourth-order valence-electron chi connectivity index (χ4n) is 1.04. The maximum Gasteiger partial charge on any atom is 0.322 e. The standard InChI is InChI=1S/C9H19N3O4.2ClH/c1-6(8(13)14)11-12-7(9(15)16)4-2-3-5-10;;/h6-7,11-12H,2-5,10H2,1H3,(H,13,14)(H,15,16);2*1H/t6-,7-;;/m0../s1. The Morgan fingerprint density at radius 3 is 2.06 bits per heavy atom. The predicted octanol–water partition coefficient (Wildman–Crippen LogP) is -0.0205. The second kappa shape index (κ2) is 12.8. The molecule has 0 rings (SSSR count). The highest BCUT2D eigenvalue weighted by Gasteiger charge is 2.18. The van der Waals surface area contributed by atoms with Crippen LogP contribution in [0.1, 0.15) is 26.2 Å². The molecule has 0 bridgehead atoms. The van der Waals surface area contributed by atoms with E-state index in [2.05, 4.69) is 10.9 Å². The van der Waals surface area contributed by atoms with Gasteiger partial charge in [0.2, 0.25) is 0 Å². The van der Waals surface area contributed by atoms with Crippen LogP contribution in [0.15, 0.2) is 0 Å². The van der Waals surface area contributed by atoms with Crippen molar-refractivity contribution >= 4 is 36.8 Å². The number of halogens is 2. The molecular formula is C9H21Cl2N3O4. The Labute approximate surface area is 118 Å². The molecule has 0 spiro atoms. The van der Waals surface area contributed by atoms with Gasteiger partial charge in [-0.05, 0) is 32.7 Å². The number of carbonyl (C=O) groups is 2. The predicted molar refractivity (Wildman–Crippen MR) is 72.2 cm³/mol. The first kappa shape index (κ1) is 22.6. The minimum atomic E-state index is -1.04. The van der Waals surface area contributed by atoms with Gasteiger partial charge in [-0.2, -0.15) is 0 Å². The van der Waals surface area contributed by atoms with Gasteiger partial charge in [0, 0.05) is 0 Å². The molecule has 0 aromatic heterocycles. The molecule has 0 aliphatic rings. The summed E-state index contributed by atoms with van der Waals surface area (Å²) in [5.41, 5.74) is 10.2. The van der Waals surface area contributed by atoms with Gasteiger partial charge in [-0.25, -0.2) is 10.9 Å². The minimum absolute atomic E-state index is 0. The smallest absolute Gasteiger partial charge is 0.322 e. The van der Waals surface area contributed by atoms with E-state index in [0.29, 0.717) is 19.4 Å². The first-order chi connectivity index (χ1) is 7.49. The Bertz CT molecular complexity index is 244. The highest BCUT2D eigenvalue weighted by molar-refractivity contribution is 5.85. The van der Waals surface area contributed by atoms with Crippen LogP contribution in [0.25, 0.3) is 0 Å². The molecule has 0 aromatic rings. The summed E-state index contributed by atoms with van der Waals surface area (Å²) in [5, 5.41) is 17.4. The van der Waals surface area contributed by atoms with E-state index in [1.807, 2.05) is 0 Å². The van der Waals surface area contributed by atoms with Crippen molar-refractivity contribution in [1.29, 1.82) is 0 Å². The first-order valence-electron chi connectivity index (χ1n) is 5.15. The van der Waals surface area contributed by atoms with Crippen molar-refractivity contribution in [1.82, 2.24) is 10.9 Å². The molecule has 0 amide bonds. The molecule has 2 atom stereocenters. The van der Waals surface area contributed by atoms with Crippen molar-refractivity contribution in [2.24, 2.45) is 5.73 Å². The van der Waals surface area contributed by atoms with E-state index < -0.39 is 24.0 Å². The molecule has 7 nitrogen and oxygen atoms in total. The summed E-state index contributed by atoms with van der Waals surface area (Å²) in [6, 6.07) is -1.63. The van der Waals surface area contributed by atoms with Crippen LogP contribution in [0.3, 0.4) is 0 Å². The topological polar surface area (TPSA) is 125 Å². The van der Waals surface area contributed by atoms with E-state index in [0.717, 1.165) is 6.42 Å². The van der Waals surface area contributed by atoms with Crippen molar-refractivity contribution in [3.05, 3.63) is 0 Å². The molecule has 0 fully saturated rings. The van der Waals surface area contributed by atoms with E-state index in [1.54, 1.807) is 0 Å². The Morgan fingerprint density at radius 1 is 1.11 bits per heavy atom. The number of aliphatic carboxylic acids is 2. The molecule has 0 radical (unpaired) electrons. The molecule has 0 saturated carbocycles. The normalized spacial score (nSPS) is 12.8. The van der Waals surface area contributed by atoms with Gasteiger partial charge in [-0.15, -0.1) is 24.8 Å². The molecule has 18 heavy (non-hydrogen) atoms. The highest BCUT2D eigenvalue weighted by Crippen LogP contribution is 1.99. The number of carboxylic acids is 2. The second-order valence-electron chi connectivity index (χ2n) is 3.52. The lowest BCUT2D eigenvalue weighted by Gasteiger charge is -2.17. The van der Waals surface area contributed by atoms with Crippen LogP contribution in [0.2, 0.25) is 0 Å². The lowest BCUT2D eigenvalue weighted by atomic mass is 10.1. The van der Waals surface area contributed by atoms with Gasteiger partial charge in [-0.1, -0.05) is 0 Å². The lowest BCUT2D eigenvalue weighted by molar-refractivity contribution is -0.142. The SMILES string of the molecule is C[C@H](NN[C@@H](CCCCN)C(=O)O)C(=O)O.Cl.Cl. The zero-order chi connectivity index (χ0) is 12.6. The van der Waals surface area contributed by atoms with Gasteiger partial charge in [0.25, 0.3) is 0 Å². The third-order valence-electron chi connectivity index (χ3n) is 2.09. The van der Waals surface area contributed by atoms with E-state index in [1.165, 1.54) is 6.92 Å². The van der Waals surface area contributed by atoms with Gasteiger partial charge < -0.3 is 15.9 Å². The van der Waals surface area contributed by atoms with Gasteiger partial charge in [-0.3, -0.25) is 9.59 Å². The van der Waals surface area contributed by atoms with Crippen LogP contribution in [0.4, 0.5) is 0 Å². The molecular weight excluding hydrogens is 285 g/mol. The quantitative estimate of drug-likeness (QED) is 0.299. The third-order valence-corrected chi connectivity index (χ3v) is 2.09. The fourth-order valence-corrected chi connectivity index (χ4v) is 1.04. The van der Waals surface area contributed by atoms with Crippen LogP contribution in [0, 0.1) is 0 Å². The Morgan fingerprint density at radius 2 is 1.67 bits per heavy atom. The molecule has 0 heterocycles. The minimum Gasteiger partial charge on any atom is -0.480 e. The number of hydrogen-bond donors (Lipinski definition) is 5.